The van der Waals surface area contributed by atoms with E-state index in [1.54, 1.807) is 18.2 Å². The molecule has 0 bridgehead atoms. The number of rotatable bonds is 6. The molecule has 0 saturated carbocycles. The van der Waals surface area contributed by atoms with Gasteiger partial charge in [-0.2, -0.15) is 8.42 Å². The van der Waals surface area contributed by atoms with Gasteiger partial charge in [-0.1, -0.05) is 84.1 Å². The quantitative estimate of drug-likeness (QED) is 0.167. The van der Waals surface area contributed by atoms with Crippen molar-refractivity contribution in [2.75, 3.05) is 15.4 Å². The summed E-state index contributed by atoms with van der Waals surface area (Å²) in [6, 6.07) is 29.9. The van der Waals surface area contributed by atoms with Gasteiger partial charge in [-0.3, -0.25) is 14.4 Å². The van der Waals surface area contributed by atoms with Crippen LogP contribution in [-0.4, -0.2) is 43.8 Å². The normalized spacial score (nSPS) is 16.8. The lowest BCUT2D eigenvalue weighted by atomic mass is 10.1. The van der Waals surface area contributed by atoms with Crippen molar-refractivity contribution in [1.82, 2.24) is 4.98 Å². The van der Waals surface area contributed by atoms with Crippen LogP contribution in [0.15, 0.2) is 117 Å². The van der Waals surface area contributed by atoms with E-state index in [1.807, 2.05) is 78.9 Å². The van der Waals surface area contributed by atoms with Crippen LogP contribution in [-0.2, 0) is 24.8 Å². The summed E-state index contributed by atoms with van der Waals surface area (Å²) in [5.41, 5.74) is 4.64. The number of amides is 1. The van der Waals surface area contributed by atoms with Gasteiger partial charge in [-0.15, -0.1) is 4.40 Å². The highest BCUT2D eigenvalue weighted by atomic mass is 32.2. The average Bonchev–Trinajstić information content (AvgIpc) is 3.55. The molecule has 7 rings (SSSR count). The Bertz CT molecular complexity index is 2270. The molecule has 10 nitrogen and oxygen atoms in total. The molecule has 1 amide bonds. The highest BCUT2D eigenvalue weighted by Crippen LogP contribution is 2.46. The van der Waals surface area contributed by atoms with Crippen molar-refractivity contribution in [1.29, 1.82) is 0 Å². The molecule has 2 aliphatic rings. The van der Waals surface area contributed by atoms with Crippen LogP contribution in [0.5, 0.6) is 0 Å². The Labute approximate surface area is 260 Å². The molecule has 0 atom stereocenters. The van der Waals surface area contributed by atoms with Crippen molar-refractivity contribution in [3.05, 3.63) is 108 Å². The van der Waals surface area contributed by atoms with Crippen LogP contribution < -0.4 is 9.62 Å². The van der Waals surface area contributed by atoms with Gasteiger partial charge in [-0.05, 0) is 58.3 Å². The Morgan fingerprint density at radius 1 is 0.864 bits per heavy atom. The number of nitrogens with one attached hydrogen (secondary N) is 1. The first-order chi connectivity index (χ1) is 21.1. The van der Waals surface area contributed by atoms with E-state index in [1.165, 1.54) is 0 Å². The van der Waals surface area contributed by atoms with E-state index in [-0.39, 0.29) is 10.3 Å². The van der Waals surface area contributed by atoms with Gasteiger partial charge in [0.25, 0.3) is 15.9 Å². The number of sulfonamides is 2. The molecular formula is C30H20N4O6S4. The Balaban J connectivity index is 1.16. The zero-order valence-corrected chi connectivity index (χ0v) is 25.7. The van der Waals surface area contributed by atoms with Gasteiger partial charge in [0, 0.05) is 4.90 Å². The molecule has 5 aromatic rings. The second-order valence-corrected chi connectivity index (χ2v) is 15.1. The van der Waals surface area contributed by atoms with Crippen molar-refractivity contribution in [3.63, 3.8) is 0 Å². The molecule has 0 fully saturated rings. The number of amidine groups is 1. The number of anilines is 2. The third kappa shape index (κ3) is 5.15. The first-order valence-electron chi connectivity index (χ1n) is 13.0. The van der Waals surface area contributed by atoms with Gasteiger partial charge in [0.2, 0.25) is 10.0 Å². The largest absolute Gasteiger partial charge is 0.509 e. The summed E-state index contributed by atoms with van der Waals surface area (Å²) < 4.78 is 58.9. The van der Waals surface area contributed by atoms with Crippen LogP contribution in [0.1, 0.15) is 0 Å². The third-order valence-electron chi connectivity index (χ3n) is 6.88. The van der Waals surface area contributed by atoms with Crippen LogP contribution in [0.25, 0.3) is 32.5 Å². The summed E-state index contributed by atoms with van der Waals surface area (Å²) in [6.45, 7) is 0. The van der Waals surface area contributed by atoms with E-state index < -0.39 is 42.4 Å². The van der Waals surface area contributed by atoms with Crippen LogP contribution in [0.2, 0.25) is 0 Å². The number of aliphatic hydroxyl groups is 1. The highest BCUT2D eigenvalue weighted by molar-refractivity contribution is 8.16. The van der Waals surface area contributed by atoms with Gasteiger partial charge in [0.15, 0.2) is 15.2 Å². The zero-order chi connectivity index (χ0) is 30.6. The minimum Gasteiger partial charge on any atom is -0.509 e. The van der Waals surface area contributed by atoms with Crippen molar-refractivity contribution < 1.29 is 26.7 Å². The first kappa shape index (κ1) is 28.3. The molecule has 2 aliphatic heterocycles. The maximum absolute atomic E-state index is 13.5. The lowest BCUT2D eigenvalue weighted by molar-refractivity contribution is -0.113. The molecule has 0 aliphatic carbocycles. The molecule has 0 saturated heterocycles. The second kappa shape index (κ2) is 10.6. The van der Waals surface area contributed by atoms with Crippen LogP contribution in [0.4, 0.5) is 10.8 Å². The van der Waals surface area contributed by atoms with Crippen molar-refractivity contribution in [2.24, 2.45) is 4.40 Å². The molecule has 3 heterocycles. The van der Waals surface area contributed by atoms with Crippen LogP contribution in [0.3, 0.4) is 0 Å². The molecule has 0 spiro atoms. The lowest BCUT2D eigenvalue weighted by Crippen LogP contribution is -2.41. The SMILES string of the molecule is O=C1/C(=C(\O)CS(=O)(=O)Nc2nc3ccc(-c4ccccc4)cc3s2)S(=O)(=O)N=C2Sc3cc(-c4ccccc4)ccc3N12. The molecule has 44 heavy (non-hydrogen) atoms. The summed E-state index contributed by atoms with van der Waals surface area (Å²) in [7, 11) is -9.09. The Morgan fingerprint density at radius 3 is 2.18 bits per heavy atom. The number of carbonyl (C=O) groups is 1. The van der Waals surface area contributed by atoms with Gasteiger partial charge in [-0.25, -0.2) is 13.4 Å². The van der Waals surface area contributed by atoms with E-state index in [2.05, 4.69) is 14.1 Å². The Kier molecular flexibility index (Phi) is 6.81. The molecule has 2 N–H and O–H groups in total. The van der Waals surface area contributed by atoms with Crippen molar-refractivity contribution in [2.45, 2.75) is 4.90 Å². The number of carbonyl (C=O) groups excluding carboxylic acids is 1. The number of hydrogen-bond acceptors (Lipinski definition) is 9. The van der Waals surface area contributed by atoms with Gasteiger partial charge < -0.3 is 5.11 Å². The molecule has 220 valence electrons. The maximum atomic E-state index is 13.5. The van der Waals surface area contributed by atoms with E-state index >= 15 is 0 Å². The summed E-state index contributed by atoms with van der Waals surface area (Å²) in [4.78, 5) is 18.4. The average molecular weight is 661 g/mol. The zero-order valence-electron chi connectivity index (χ0n) is 22.4. The van der Waals surface area contributed by atoms with E-state index in [0.717, 1.165) is 55.0 Å². The fraction of sp³-hybridized carbons (Fsp3) is 0.0333. The lowest BCUT2D eigenvalue weighted by Gasteiger charge is -2.23. The number of aliphatic hydroxyl groups excluding tert-OH is 1. The molecule has 14 heteroatoms. The predicted octanol–water partition coefficient (Wildman–Crippen LogP) is 5.98. The minimum atomic E-state index is -4.70. The summed E-state index contributed by atoms with van der Waals surface area (Å²) in [5, 5.41) is 10.7. The summed E-state index contributed by atoms with van der Waals surface area (Å²) >= 11 is 2.08. The molecule has 0 radical (unpaired) electrons. The van der Waals surface area contributed by atoms with Crippen LogP contribution in [0, 0.1) is 0 Å². The fourth-order valence-electron chi connectivity index (χ4n) is 4.92. The Morgan fingerprint density at radius 2 is 1.50 bits per heavy atom. The molecule has 1 aromatic heterocycles. The number of aromatic nitrogens is 1. The fourth-order valence-corrected chi connectivity index (χ4v) is 9.63. The number of fused-ring (bicyclic) bond motifs is 4. The molecule has 4 aromatic carbocycles. The minimum absolute atomic E-state index is 0.0280. The molecular weight excluding hydrogens is 641 g/mol. The standard InChI is InChI=1S/C30H20N4O6S4/c35-24(17-43(37,38)32-29-31-22-13-11-20(15-25(22)41-29)18-7-3-1-4-8-18)27-28(36)34-23-14-12-21(19-9-5-2-6-10-19)16-26(23)42-30(34)33-44(27,39)40/h1-16,35H,17H2,(H,31,32)/b27-24+. The number of hydrogen-bond donors (Lipinski definition) is 2. The number of nitrogens with zero attached hydrogens (tertiary/aromatic N) is 3. The smallest absolute Gasteiger partial charge is 0.293 e. The van der Waals surface area contributed by atoms with E-state index in [4.69, 9.17) is 0 Å². The van der Waals surface area contributed by atoms with Crippen molar-refractivity contribution in [3.8, 4) is 22.3 Å². The summed E-state index contributed by atoms with van der Waals surface area (Å²) in [6.07, 6.45) is 0. The molecule has 0 unspecified atom stereocenters. The predicted molar refractivity (Wildman–Crippen MR) is 174 cm³/mol. The number of benzene rings is 4. The third-order valence-corrected chi connectivity index (χ3v) is 11.6. The first-order valence-corrected chi connectivity index (χ1v) is 17.8. The number of thiazole rings is 1. The van der Waals surface area contributed by atoms with Crippen molar-refractivity contribution >= 4 is 75.3 Å². The monoisotopic (exact) mass is 660 g/mol. The maximum Gasteiger partial charge on any atom is 0.293 e. The van der Waals surface area contributed by atoms with E-state index in [0.29, 0.717) is 16.1 Å². The number of thioether (sulfide) groups is 1. The topological polar surface area (TPSA) is 146 Å². The Hall–Kier alpha value is -4.50. The summed E-state index contributed by atoms with van der Waals surface area (Å²) in [5.74, 6) is -3.41. The van der Waals surface area contributed by atoms with Gasteiger partial charge >= 0.3 is 0 Å². The van der Waals surface area contributed by atoms with E-state index in [9.17, 15) is 26.7 Å². The highest BCUT2D eigenvalue weighted by Gasteiger charge is 2.45. The van der Waals surface area contributed by atoms with Gasteiger partial charge in [0.1, 0.15) is 11.5 Å². The van der Waals surface area contributed by atoms with Crippen LogP contribution >= 0.6 is 23.1 Å². The van der Waals surface area contributed by atoms with Gasteiger partial charge in [0.05, 0.1) is 15.9 Å². The second-order valence-electron chi connectivity index (χ2n) is 9.84.